The van der Waals surface area contributed by atoms with Crippen LogP contribution in [0.25, 0.3) is 61.8 Å². The molecule has 0 aromatic heterocycles. The second-order valence-corrected chi connectivity index (χ2v) is 19.6. The van der Waals surface area contributed by atoms with Crippen molar-refractivity contribution in [2.45, 2.75) is 67.7 Å². The summed E-state index contributed by atoms with van der Waals surface area (Å²) in [6.45, 7) is 19.3. The molecule has 5 aliphatic heterocycles. The lowest BCUT2D eigenvalue weighted by molar-refractivity contribution is 0.583. The van der Waals surface area contributed by atoms with Crippen molar-refractivity contribution in [3.8, 4) is 39.6 Å². The fourth-order valence-corrected chi connectivity index (χ4v) is 11.3. The number of fused-ring (bicyclic) bond motifs is 4. The maximum Gasteiger partial charge on any atom is 0.340 e. The third-order valence-corrected chi connectivity index (χ3v) is 14.4. The van der Waals surface area contributed by atoms with Gasteiger partial charge in [-0.25, -0.2) is 13.9 Å². The summed E-state index contributed by atoms with van der Waals surface area (Å²) >= 11 is 0. The third-order valence-electron chi connectivity index (χ3n) is 14.4. The van der Waals surface area contributed by atoms with Crippen molar-refractivity contribution in [2.75, 3.05) is 0 Å². The van der Waals surface area contributed by atoms with Crippen molar-refractivity contribution in [1.82, 2.24) is 13.7 Å². The topological polar surface area (TPSA) is 58.1 Å². The predicted octanol–water partition coefficient (Wildman–Crippen LogP) is 9.05. The number of aryl methyl sites for hydroxylation is 6. The van der Waals surface area contributed by atoms with Crippen molar-refractivity contribution in [3.63, 3.8) is 0 Å². The molecule has 316 valence electrons. The molecule has 7 aromatic rings. The number of nitrogens with zero attached hydrogens (tertiary/aromatic N) is 3. The van der Waals surface area contributed by atoms with E-state index in [9.17, 15) is 0 Å². The molecule has 65 heavy (non-hydrogen) atoms. The molecule has 0 atom stereocenters. The monoisotopic (exact) mass is 845 g/mol. The second kappa shape index (κ2) is 13.9. The van der Waals surface area contributed by atoms with E-state index in [-0.39, 0.29) is 24.5 Å². The highest BCUT2D eigenvalue weighted by Crippen LogP contribution is 2.37. The van der Waals surface area contributed by atoms with E-state index in [2.05, 4.69) is 188 Å². The number of hydrogen-bond acceptors (Lipinski definition) is 3. The van der Waals surface area contributed by atoms with E-state index < -0.39 is 0 Å². The summed E-state index contributed by atoms with van der Waals surface area (Å²) in [7, 11) is 0. The zero-order valence-electron chi connectivity index (χ0n) is 38.4. The first-order valence-corrected chi connectivity index (χ1v) is 22.8. The van der Waals surface area contributed by atoms with Crippen LogP contribution in [0.2, 0.25) is 0 Å². The quantitative estimate of drug-likeness (QED) is 0.101. The Morgan fingerprint density at radius 1 is 0.462 bits per heavy atom. The van der Waals surface area contributed by atoms with Crippen molar-refractivity contribution >= 4 is 68.8 Å². The Morgan fingerprint density at radius 2 is 0.862 bits per heavy atom. The minimum atomic E-state index is -0.330. The van der Waals surface area contributed by atoms with E-state index in [4.69, 9.17) is 8.83 Å². The smallest absolute Gasteiger partial charge is 0.340 e. The molecular formula is C57H49B2N3O3. The SMILES string of the molecule is Cc1cc2c(cc1-c1ccccc1)oc1c3n4c5c(oc6cc(-c7ccccc7)c(C)cc6n-5c(=O)n2-3)B(c2c(C)cccc2C)c2cc(C(C)(C)C)cc(c2-4)B1c1c(C)cccc1C. The van der Waals surface area contributed by atoms with E-state index >= 15 is 4.79 Å². The Bertz CT molecular complexity index is 3420. The van der Waals surface area contributed by atoms with Gasteiger partial charge in [0.05, 0.1) is 11.0 Å². The Morgan fingerprint density at radius 3 is 1.25 bits per heavy atom. The standard InChI is InChI=1S/C57H49B2N3O3/c1-32-18-16-19-33(2)49(32)58-43-28-40(57(7,8)9)29-44-51(43)62-54-52(58)64-47-30-41(38-22-12-10-13-23-38)36(5)26-45(47)60(54)56(63)61-46-27-37(6)42(39-24-14-11-15-25-39)31-48(46)65-53(55(61)62)59(44)50-34(3)20-17-21-35(50)4/h10-31H,1-9H3. The fraction of sp³-hybridized carbons (Fsp3) is 0.175. The highest BCUT2D eigenvalue weighted by molar-refractivity contribution is 7.00. The highest BCUT2D eigenvalue weighted by Gasteiger charge is 2.49. The van der Waals surface area contributed by atoms with Gasteiger partial charge in [-0.05, 0) is 121 Å². The van der Waals surface area contributed by atoms with E-state index in [0.717, 1.165) is 61.3 Å². The molecule has 0 saturated carbocycles. The van der Waals surface area contributed by atoms with Gasteiger partial charge in [0.2, 0.25) is 0 Å². The van der Waals surface area contributed by atoms with Gasteiger partial charge in [-0.2, -0.15) is 0 Å². The summed E-state index contributed by atoms with van der Waals surface area (Å²) in [5, 5.41) is 0. The molecule has 0 amide bonds. The fourth-order valence-electron chi connectivity index (χ4n) is 11.3. The third kappa shape index (κ3) is 5.59. The van der Waals surface area contributed by atoms with Crippen LogP contribution in [-0.4, -0.2) is 27.1 Å². The van der Waals surface area contributed by atoms with E-state index in [0.29, 0.717) is 33.8 Å². The molecule has 6 nitrogen and oxygen atoms in total. The van der Waals surface area contributed by atoms with Crippen LogP contribution in [0.5, 0.6) is 0 Å². The van der Waals surface area contributed by atoms with Gasteiger partial charge in [-0.15, -0.1) is 0 Å². The lowest BCUT2D eigenvalue weighted by Gasteiger charge is -2.41. The van der Waals surface area contributed by atoms with E-state index in [1.54, 1.807) is 0 Å². The van der Waals surface area contributed by atoms with Gasteiger partial charge in [-0.3, -0.25) is 4.57 Å². The lowest BCUT2D eigenvalue weighted by atomic mass is 9.32. The second-order valence-electron chi connectivity index (χ2n) is 19.6. The maximum atomic E-state index is 16.3. The molecule has 0 saturated heterocycles. The highest BCUT2D eigenvalue weighted by atomic mass is 16.3. The van der Waals surface area contributed by atoms with Gasteiger partial charge in [-0.1, -0.05) is 163 Å². The first-order valence-electron chi connectivity index (χ1n) is 22.8. The molecular weight excluding hydrogens is 796 g/mol. The summed E-state index contributed by atoms with van der Waals surface area (Å²) in [6.07, 6.45) is 0. The van der Waals surface area contributed by atoms with Gasteiger partial charge < -0.3 is 8.83 Å². The molecule has 0 spiro atoms. The first kappa shape index (κ1) is 39.4. The van der Waals surface area contributed by atoms with Gasteiger partial charge >= 0.3 is 5.69 Å². The molecule has 0 radical (unpaired) electrons. The number of aromatic nitrogens is 3. The molecule has 0 unspecified atom stereocenters. The number of hydrogen-bond donors (Lipinski definition) is 0. The summed E-state index contributed by atoms with van der Waals surface area (Å²) in [5.74, 6) is 1.43. The molecule has 5 aliphatic rings. The summed E-state index contributed by atoms with van der Waals surface area (Å²) < 4.78 is 21.2. The minimum Gasteiger partial charge on any atom is -0.465 e. The normalized spacial score (nSPS) is 13.0. The van der Waals surface area contributed by atoms with Crippen molar-refractivity contribution in [2.24, 2.45) is 0 Å². The molecule has 7 aromatic carbocycles. The number of benzene rings is 7. The van der Waals surface area contributed by atoms with Crippen LogP contribution in [0.15, 0.2) is 147 Å². The van der Waals surface area contributed by atoms with Gasteiger partial charge in [0, 0.05) is 5.69 Å². The average molecular weight is 846 g/mol. The molecule has 12 rings (SSSR count). The molecule has 0 N–H and O–H groups in total. The zero-order chi connectivity index (χ0) is 44.8. The van der Waals surface area contributed by atoms with Crippen LogP contribution in [0.3, 0.4) is 0 Å². The molecule has 0 aliphatic carbocycles. The predicted molar refractivity (Wildman–Crippen MR) is 270 cm³/mol. The Balaban J connectivity index is 1.36. The zero-order valence-corrected chi connectivity index (χ0v) is 38.4. The summed E-state index contributed by atoms with van der Waals surface area (Å²) in [6, 6.07) is 47.4. The first-order chi connectivity index (χ1) is 31.3. The van der Waals surface area contributed by atoms with Crippen molar-refractivity contribution < 1.29 is 8.83 Å². The van der Waals surface area contributed by atoms with Crippen LogP contribution in [0.4, 0.5) is 0 Å². The largest absolute Gasteiger partial charge is 0.465 e. The summed E-state index contributed by atoms with van der Waals surface area (Å²) in [4.78, 5) is 16.3. The molecule has 5 heterocycles. The lowest BCUT2D eigenvalue weighted by Crippen LogP contribution is -2.68. The molecule has 0 fully saturated rings. The van der Waals surface area contributed by atoms with Gasteiger partial charge in [0.15, 0.2) is 22.8 Å². The van der Waals surface area contributed by atoms with Crippen LogP contribution >= 0.6 is 0 Å². The molecule has 0 bridgehead atoms. The average Bonchev–Trinajstić information content (AvgIpc) is 3.28. The Hall–Kier alpha value is -7.18. The van der Waals surface area contributed by atoms with Crippen LogP contribution < -0.4 is 38.9 Å². The van der Waals surface area contributed by atoms with Crippen molar-refractivity contribution in [3.05, 3.63) is 183 Å². The Kier molecular flexibility index (Phi) is 8.43. The van der Waals surface area contributed by atoms with E-state index in [1.165, 1.54) is 38.7 Å². The number of rotatable bonds is 4. The minimum absolute atomic E-state index is 0.173. The van der Waals surface area contributed by atoms with Gasteiger partial charge in [0.25, 0.3) is 13.4 Å². The van der Waals surface area contributed by atoms with Crippen LogP contribution in [0, 0.1) is 41.5 Å². The van der Waals surface area contributed by atoms with Crippen LogP contribution in [-0.2, 0) is 5.41 Å². The maximum absolute atomic E-state index is 16.3. The van der Waals surface area contributed by atoms with E-state index in [1.807, 2.05) is 21.3 Å². The molecule has 8 heteroatoms. The van der Waals surface area contributed by atoms with Gasteiger partial charge in [0.1, 0.15) is 11.3 Å². The summed E-state index contributed by atoms with van der Waals surface area (Å²) in [5.41, 5.74) is 21.9. The van der Waals surface area contributed by atoms with Crippen LogP contribution in [0.1, 0.15) is 59.7 Å². The van der Waals surface area contributed by atoms with Crippen molar-refractivity contribution in [1.29, 1.82) is 0 Å². The Labute approximate surface area is 379 Å².